The molecule has 4 amide bonds. The average molecular weight is 416 g/mol. The van der Waals surface area contributed by atoms with E-state index in [4.69, 9.17) is 21.1 Å². The van der Waals surface area contributed by atoms with Crippen LogP contribution in [0.4, 0.5) is 4.79 Å². The van der Waals surface area contributed by atoms with Crippen molar-refractivity contribution in [2.24, 2.45) is 0 Å². The lowest BCUT2D eigenvalue weighted by molar-refractivity contribution is -0.134. The number of amides is 4. The Balaban J connectivity index is 1.43. The molecular weight excluding hydrogens is 398 g/mol. The summed E-state index contributed by atoms with van der Waals surface area (Å²) in [4.78, 5) is 38.5. The molecule has 0 bridgehead atoms. The summed E-state index contributed by atoms with van der Waals surface area (Å²) in [5.74, 6) is 0.124. The molecule has 9 heteroatoms. The molecule has 0 aromatic heterocycles. The molecule has 2 aromatic carbocycles. The predicted molar refractivity (Wildman–Crippen MR) is 103 cm³/mol. The number of halogens is 1. The highest BCUT2D eigenvalue weighted by atomic mass is 35.5. The van der Waals surface area contributed by atoms with Crippen molar-refractivity contribution in [3.63, 3.8) is 0 Å². The van der Waals surface area contributed by atoms with E-state index in [1.165, 1.54) is 0 Å². The largest absolute Gasteiger partial charge is 0.454 e. The molecule has 2 aliphatic heterocycles. The number of ether oxygens (including phenoxy) is 2. The van der Waals surface area contributed by atoms with Crippen molar-refractivity contribution in [2.75, 3.05) is 13.3 Å². The van der Waals surface area contributed by atoms with Crippen LogP contribution in [0.3, 0.4) is 0 Å². The maximum atomic E-state index is 13.0. The van der Waals surface area contributed by atoms with E-state index in [1.54, 1.807) is 49.4 Å². The van der Waals surface area contributed by atoms with E-state index in [0.29, 0.717) is 22.1 Å². The second-order valence-corrected chi connectivity index (χ2v) is 7.35. The van der Waals surface area contributed by atoms with Crippen LogP contribution in [-0.2, 0) is 21.7 Å². The number of carbonyl (C=O) groups excluding carboxylic acids is 3. The van der Waals surface area contributed by atoms with Crippen molar-refractivity contribution in [1.29, 1.82) is 0 Å². The zero-order valence-corrected chi connectivity index (χ0v) is 16.3. The average Bonchev–Trinajstić information content (AvgIpc) is 3.26. The quantitative estimate of drug-likeness (QED) is 0.729. The number of hydrogen-bond donors (Lipinski definition) is 2. The smallest absolute Gasteiger partial charge is 0.325 e. The van der Waals surface area contributed by atoms with E-state index in [2.05, 4.69) is 10.6 Å². The van der Waals surface area contributed by atoms with Gasteiger partial charge in [0.25, 0.3) is 5.91 Å². The van der Waals surface area contributed by atoms with Crippen LogP contribution in [0, 0.1) is 0 Å². The molecule has 4 rings (SSSR count). The summed E-state index contributed by atoms with van der Waals surface area (Å²) in [7, 11) is 0. The van der Waals surface area contributed by atoms with Gasteiger partial charge in [-0.25, -0.2) is 4.79 Å². The number of nitrogens with zero attached hydrogens (tertiary/aromatic N) is 1. The summed E-state index contributed by atoms with van der Waals surface area (Å²) in [6.07, 6.45) is 0. The summed E-state index contributed by atoms with van der Waals surface area (Å²) >= 11 is 5.84. The molecule has 0 unspecified atom stereocenters. The lowest BCUT2D eigenvalue weighted by Crippen LogP contribution is -2.43. The first-order valence-corrected chi connectivity index (χ1v) is 9.30. The van der Waals surface area contributed by atoms with Crippen LogP contribution >= 0.6 is 11.6 Å². The van der Waals surface area contributed by atoms with E-state index in [-0.39, 0.29) is 19.9 Å². The molecule has 2 aliphatic rings. The van der Waals surface area contributed by atoms with Gasteiger partial charge in [0.15, 0.2) is 11.5 Å². The topological polar surface area (TPSA) is 97.0 Å². The Kier molecular flexibility index (Phi) is 4.79. The van der Waals surface area contributed by atoms with E-state index in [9.17, 15) is 14.4 Å². The van der Waals surface area contributed by atoms with E-state index in [0.717, 1.165) is 10.5 Å². The minimum absolute atomic E-state index is 0.107. The number of carbonyl (C=O) groups is 3. The predicted octanol–water partition coefficient (Wildman–Crippen LogP) is 2.15. The fourth-order valence-corrected chi connectivity index (χ4v) is 3.37. The van der Waals surface area contributed by atoms with Gasteiger partial charge in [0.2, 0.25) is 12.7 Å². The fraction of sp³-hybridized carbons (Fsp3) is 0.250. The maximum absolute atomic E-state index is 13.0. The molecule has 29 heavy (non-hydrogen) atoms. The van der Waals surface area contributed by atoms with Crippen molar-refractivity contribution in [3.05, 3.63) is 58.6 Å². The van der Waals surface area contributed by atoms with Gasteiger partial charge in [0.05, 0.1) is 0 Å². The van der Waals surface area contributed by atoms with Gasteiger partial charge in [-0.1, -0.05) is 29.8 Å². The molecule has 0 saturated carbocycles. The fourth-order valence-electron chi connectivity index (χ4n) is 3.25. The minimum Gasteiger partial charge on any atom is -0.454 e. The Hall–Kier alpha value is -3.26. The van der Waals surface area contributed by atoms with E-state index in [1.807, 2.05) is 0 Å². The molecule has 0 aliphatic carbocycles. The normalized spacial score (nSPS) is 20.0. The zero-order valence-electron chi connectivity index (χ0n) is 15.5. The lowest BCUT2D eigenvalue weighted by Gasteiger charge is -2.22. The number of urea groups is 1. The third kappa shape index (κ3) is 3.58. The van der Waals surface area contributed by atoms with Gasteiger partial charge in [-0.05, 0) is 42.3 Å². The Morgan fingerprint density at radius 3 is 2.66 bits per heavy atom. The highest BCUT2D eigenvalue weighted by Gasteiger charge is 2.49. The van der Waals surface area contributed by atoms with Crippen molar-refractivity contribution in [3.8, 4) is 11.5 Å². The van der Waals surface area contributed by atoms with Crippen molar-refractivity contribution >= 4 is 29.4 Å². The number of imide groups is 1. The summed E-state index contributed by atoms with van der Waals surface area (Å²) in [5.41, 5.74) is 0.100. The SMILES string of the molecule is C[C@]1(c2ccc3c(c2)OCO3)NC(=O)N(CC(=O)NCc2ccc(Cl)cc2)C1=O. The first-order chi connectivity index (χ1) is 13.9. The Bertz CT molecular complexity index is 994. The third-order valence-corrected chi connectivity index (χ3v) is 5.18. The molecule has 1 saturated heterocycles. The molecule has 150 valence electrons. The number of hydrogen-bond acceptors (Lipinski definition) is 5. The highest BCUT2D eigenvalue weighted by Crippen LogP contribution is 2.37. The van der Waals surface area contributed by atoms with Gasteiger partial charge < -0.3 is 20.1 Å². The minimum atomic E-state index is -1.30. The highest BCUT2D eigenvalue weighted by molar-refractivity contribution is 6.30. The first kappa shape index (κ1) is 19.1. The number of rotatable bonds is 5. The van der Waals surface area contributed by atoms with Gasteiger partial charge in [-0.15, -0.1) is 0 Å². The summed E-state index contributed by atoms with van der Waals surface area (Å²) in [6.45, 7) is 1.59. The number of fused-ring (bicyclic) bond motifs is 1. The molecule has 0 radical (unpaired) electrons. The van der Waals surface area contributed by atoms with Crippen molar-refractivity contribution in [1.82, 2.24) is 15.5 Å². The van der Waals surface area contributed by atoms with Gasteiger partial charge in [-0.3, -0.25) is 14.5 Å². The van der Waals surface area contributed by atoms with Crippen LogP contribution < -0.4 is 20.1 Å². The van der Waals surface area contributed by atoms with Gasteiger partial charge in [0.1, 0.15) is 12.1 Å². The van der Waals surface area contributed by atoms with Crippen molar-refractivity contribution < 1.29 is 23.9 Å². The van der Waals surface area contributed by atoms with Gasteiger partial charge in [0, 0.05) is 11.6 Å². The van der Waals surface area contributed by atoms with Gasteiger partial charge in [-0.2, -0.15) is 0 Å². The van der Waals surface area contributed by atoms with Gasteiger partial charge >= 0.3 is 6.03 Å². The van der Waals surface area contributed by atoms with Crippen LogP contribution in [0.2, 0.25) is 5.02 Å². The summed E-state index contributed by atoms with van der Waals surface area (Å²) in [5, 5.41) is 5.96. The molecule has 1 atom stereocenters. The third-order valence-electron chi connectivity index (χ3n) is 4.93. The number of benzene rings is 2. The number of nitrogens with one attached hydrogen (secondary N) is 2. The molecule has 2 N–H and O–H groups in total. The van der Waals surface area contributed by atoms with Crippen LogP contribution in [-0.4, -0.2) is 36.1 Å². The Labute approximate surface area is 171 Å². The van der Waals surface area contributed by atoms with Crippen LogP contribution in [0.25, 0.3) is 0 Å². The Morgan fingerprint density at radius 1 is 1.17 bits per heavy atom. The molecule has 1 fully saturated rings. The first-order valence-electron chi connectivity index (χ1n) is 8.92. The van der Waals surface area contributed by atoms with Crippen molar-refractivity contribution in [2.45, 2.75) is 19.0 Å². The second kappa shape index (κ2) is 7.29. The summed E-state index contributed by atoms with van der Waals surface area (Å²) in [6, 6.07) is 11.4. The monoisotopic (exact) mass is 415 g/mol. The molecular formula is C20H18ClN3O5. The Morgan fingerprint density at radius 2 is 1.90 bits per heavy atom. The standard InChI is InChI=1S/C20H18ClN3O5/c1-20(13-4-7-15-16(8-13)29-11-28-15)18(26)24(19(27)23-20)10-17(25)22-9-12-2-5-14(21)6-3-12/h2-8H,9-11H2,1H3,(H,22,25)(H,23,27)/t20-/m1/s1. The van der Waals surface area contributed by atoms with E-state index >= 15 is 0 Å². The molecule has 2 aromatic rings. The molecule has 8 nitrogen and oxygen atoms in total. The van der Waals surface area contributed by atoms with E-state index < -0.39 is 23.4 Å². The lowest BCUT2D eigenvalue weighted by atomic mass is 9.91. The molecule has 2 heterocycles. The van der Waals surface area contributed by atoms with Crippen LogP contribution in [0.5, 0.6) is 11.5 Å². The zero-order chi connectivity index (χ0) is 20.6. The molecule has 0 spiro atoms. The van der Waals surface area contributed by atoms with Crippen LogP contribution in [0.1, 0.15) is 18.1 Å². The second-order valence-electron chi connectivity index (χ2n) is 6.92. The van der Waals surface area contributed by atoms with Crippen LogP contribution in [0.15, 0.2) is 42.5 Å². The maximum Gasteiger partial charge on any atom is 0.325 e. The summed E-state index contributed by atoms with van der Waals surface area (Å²) < 4.78 is 10.6.